The number of nitrogens with one attached hydrogen (secondary N) is 1. The van der Waals surface area contributed by atoms with Crippen LogP contribution in [0.3, 0.4) is 0 Å². The predicted molar refractivity (Wildman–Crippen MR) is 140 cm³/mol. The number of carbonyl (C=O) groups excluding carboxylic acids is 2. The van der Waals surface area contributed by atoms with E-state index in [2.05, 4.69) is 4.98 Å². The molecule has 1 atom stereocenters. The molecular weight excluding hydrogens is 523 g/mol. The molecule has 0 spiro atoms. The number of aromatic amines is 1. The standard InChI is InChI=1S/C25H24Cl2N4O4S/c1-4-11-36-25-28-23(34)21-15-9-7-8-10-18(15)30(19(32)5-2)24(31(21)29-25)16-12-14(26)13-17(27)22(16)35-20(33)6-3/h7-10,12-13,24H,4-6,11H2,1-3H3/p+1. The second-order valence-corrected chi connectivity index (χ2v) is 9.97. The molecule has 1 unspecified atom stereocenters. The van der Waals surface area contributed by atoms with Gasteiger partial charge in [-0.05, 0) is 35.4 Å². The molecule has 0 fully saturated rings. The van der Waals surface area contributed by atoms with E-state index in [4.69, 9.17) is 33.0 Å². The number of rotatable bonds is 7. The monoisotopic (exact) mass is 547 g/mol. The highest BCUT2D eigenvalue weighted by Gasteiger charge is 2.47. The molecule has 11 heteroatoms. The Hall–Kier alpha value is -2.88. The van der Waals surface area contributed by atoms with Crippen LogP contribution in [0.1, 0.15) is 51.8 Å². The van der Waals surface area contributed by atoms with Crippen LogP contribution in [-0.2, 0) is 9.59 Å². The fourth-order valence-electron chi connectivity index (χ4n) is 4.02. The van der Waals surface area contributed by atoms with Crippen molar-refractivity contribution in [1.29, 1.82) is 0 Å². The summed E-state index contributed by atoms with van der Waals surface area (Å²) in [7, 11) is 0. The molecular formula is C25H25Cl2N4O4S+. The Morgan fingerprint density at radius 2 is 1.92 bits per heavy atom. The lowest BCUT2D eigenvalue weighted by Crippen LogP contribution is -2.61. The molecule has 188 valence electrons. The summed E-state index contributed by atoms with van der Waals surface area (Å²) in [5, 5.41) is 5.53. The van der Waals surface area contributed by atoms with Crippen LogP contribution in [-0.4, -0.2) is 27.7 Å². The van der Waals surface area contributed by atoms with Crippen molar-refractivity contribution in [2.75, 3.05) is 10.7 Å². The summed E-state index contributed by atoms with van der Waals surface area (Å²) in [5.74, 6) is 0.0749. The van der Waals surface area contributed by atoms with Gasteiger partial charge in [-0.15, -0.1) is 0 Å². The molecule has 1 aliphatic rings. The molecule has 8 nitrogen and oxygen atoms in total. The number of hydrogen-bond acceptors (Lipinski definition) is 6. The number of halogens is 2. The Balaban J connectivity index is 2.09. The van der Waals surface area contributed by atoms with Gasteiger partial charge in [0, 0.05) is 28.7 Å². The summed E-state index contributed by atoms with van der Waals surface area (Å²) in [6.45, 7) is 5.44. The number of aromatic nitrogens is 3. The van der Waals surface area contributed by atoms with Crippen molar-refractivity contribution in [3.8, 4) is 17.0 Å². The minimum Gasteiger partial charge on any atom is -0.424 e. The largest absolute Gasteiger partial charge is 0.424 e. The smallest absolute Gasteiger partial charge is 0.325 e. The van der Waals surface area contributed by atoms with E-state index in [-0.39, 0.29) is 45.8 Å². The maximum absolute atomic E-state index is 13.4. The van der Waals surface area contributed by atoms with Gasteiger partial charge in [0.25, 0.3) is 6.17 Å². The van der Waals surface area contributed by atoms with E-state index in [0.717, 1.165) is 12.2 Å². The van der Waals surface area contributed by atoms with Crippen molar-refractivity contribution in [3.05, 3.63) is 62.4 Å². The fraction of sp³-hybridized carbons (Fsp3) is 0.320. The van der Waals surface area contributed by atoms with Crippen LogP contribution in [0.15, 0.2) is 46.3 Å². The molecule has 1 N–H and O–H groups in total. The molecule has 2 aromatic carbocycles. The van der Waals surface area contributed by atoms with Crippen molar-refractivity contribution >= 4 is 52.5 Å². The number of thioether (sulfide) groups is 1. The third-order valence-corrected chi connectivity index (χ3v) is 7.16. The lowest BCUT2D eigenvalue weighted by atomic mass is 10.0. The molecule has 1 aliphatic heterocycles. The number of amides is 1. The lowest BCUT2D eigenvalue weighted by molar-refractivity contribution is -0.763. The maximum Gasteiger partial charge on any atom is 0.325 e. The fourth-order valence-corrected chi connectivity index (χ4v) is 5.28. The summed E-state index contributed by atoms with van der Waals surface area (Å²) < 4.78 is 7.12. The van der Waals surface area contributed by atoms with Gasteiger partial charge in [0.2, 0.25) is 11.1 Å². The number of ether oxygens (including phenoxy) is 1. The molecule has 0 radical (unpaired) electrons. The number of carbonyl (C=O) groups is 2. The summed E-state index contributed by atoms with van der Waals surface area (Å²) in [6.07, 6.45) is 0.188. The summed E-state index contributed by atoms with van der Waals surface area (Å²) in [5.41, 5.74) is 1.32. The average molecular weight is 548 g/mol. The van der Waals surface area contributed by atoms with Gasteiger partial charge in [-0.2, -0.15) is 0 Å². The third kappa shape index (κ3) is 4.87. The molecule has 4 rings (SSSR count). The van der Waals surface area contributed by atoms with Gasteiger partial charge in [0.1, 0.15) is 0 Å². The molecule has 3 aromatic rings. The van der Waals surface area contributed by atoms with Gasteiger partial charge in [-0.25, -0.2) is 4.90 Å². The van der Waals surface area contributed by atoms with Gasteiger partial charge in [-0.1, -0.05) is 67.9 Å². The molecule has 0 aliphatic carbocycles. The molecule has 1 aromatic heterocycles. The number of anilines is 1. The third-order valence-electron chi connectivity index (χ3n) is 5.59. The van der Waals surface area contributed by atoms with Crippen molar-refractivity contribution in [1.82, 2.24) is 10.1 Å². The first-order valence-corrected chi connectivity index (χ1v) is 13.3. The number of esters is 1. The van der Waals surface area contributed by atoms with Crippen LogP contribution in [0, 0.1) is 0 Å². The van der Waals surface area contributed by atoms with Crippen LogP contribution in [0.25, 0.3) is 11.3 Å². The normalized spacial score (nSPS) is 14.2. The average Bonchev–Trinajstić information content (AvgIpc) is 2.87. The number of para-hydroxylation sites is 1. The van der Waals surface area contributed by atoms with Crippen LogP contribution in [0.4, 0.5) is 5.69 Å². The first-order chi connectivity index (χ1) is 17.3. The highest BCUT2D eigenvalue weighted by Crippen LogP contribution is 2.43. The summed E-state index contributed by atoms with van der Waals surface area (Å²) in [6, 6.07) is 10.2. The van der Waals surface area contributed by atoms with Gasteiger partial charge in [0.15, 0.2) is 5.75 Å². The first-order valence-electron chi connectivity index (χ1n) is 11.6. The highest BCUT2D eigenvalue weighted by atomic mass is 35.5. The van der Waals surface area contributed by atoms with Crippen LogP contribution in [0.5, 0.6) is 5.75 Å². The van der Waals surface area contributed by atoms with Crippen molar-refractivity contribution < 1.29 is 19.0 Å². The maximum atomic E-state index is 13.4. The minimum absolute atomic E-state index is 0.0643. The van der Waals surface area contributed by atoms with E-state index in [1.807, 2.05) is 6.92 Å². The Morgan fingerprint density at radius 1 is 1.17 bits per heavy atom. The number of H-pyrrole nitrogens is 1. The topological polar surface area (TPSA) is 96.2 Å². The molecule has 0 saturated carbocycles. The lowest BCUT2D eigenvalue weighted by Gasteiger charge is -2.32. The van der Waals surface area contributed by atoms with E-state index in [1.165, 1.54) is 22.5 Å². The van der Waals surface area contributed by atoms with Crippen molar-refractivity contribution in [2.24, 2.45) is 0 Å². The van der Waals surface area contributed by atoms with Crippen LogP contribution in [0.2, 0.25) is 10.0 Å². The Labute approximate surface area is 222 Å². The number of benzene rings is 2. The molecule has 36 heavy (non-hydrogen) atoms. The number of nitrogens with zero attached hydrogens (tertiary/aromatic N) is 3. The van der Waals surface area contributed by atoms with E-state index < -0.39 is 12.1 Å². The second-order valence-electron chi connectivity index (χ2n) is 8.04. The molecule has 0 saturated heterocycles. The molecule has 0 bridgehead atoms. The first kappa shape index (κ1) is 26.2. The van der Waals surface area contributed by atoms with Crippen LogP contribution >= 0.6 is 35.0 Å². The second kappa shape index (κ2) is 11.0. The Morgan fingerprint density at radius 3 is 2.61 bits per heavy atom. The zero-order valence-corrected chi connectivity index (χ0v) is 22.3. The number of hydrogen-bond donors (Lipinski definition) is 1. The van der Waals surface area contributed by atoms with Gasteiger partial charge in [0.05, 0.1) is 21.8 Å². The minimum atomic E-state index is -0.985. The zero-order chi connectivity index (χ0) is 26.0. The summed E-state index contributed by atoms with van der Waals surface area (Å²) >= 11 is 14.3. The SMILES string of the molecule is CCCSc1n[n+]2c(c(=O)[nH]1)-c1ccccc1N(C(=O)CC)C2c1cc(Cl)cc(Cl)c1OC(=O)CC. The number of fused-ring (bicyclic) bond motifs is 3. The van der Waals surface area contributed by atoms with E-state index in [9.17, 15) is 14.4 Å². The molecule has 2 heterocycles. The zero-order valence-electron chi connectivity index (χ0n) is 20.0. The van der Waals surface area contributed by atoms with E-state index in [0.29, 0.717) is 22.0 Å². The van der Waals surface area contributed by atoms with E-state index >= 15 is 0 Å². The Bertz CT molecular complexity index is 1390. The van der Waals surface area contributed by atoms with Gasteiger partial charge < -0.3 is 4.74 Å². The van der Waals surface area contributed by atoms with Crippen molar-refractivity contribution in [2.45, 2.75) is 51.4 Å². The van der Waals surface area contributed by atoms with Crippen LogP contribution < -0.4 is 19.9 Å². The highest BCUT2D eigenvalue weighted by molar-refractivity contribution is 7.99. The molecule has 1 amide bonds. The quantitative estimate of drug-likeness (QED) is 0.190. The summed E-state index contributed by atoms with van der Waals surface area (Å²) in [4.78, 5) is 43.6. The van der Waals surface area contributed by atoms with E-state index in [1.54, 1.807) is 49.1 Å². The Kier molecular flexibility index (Phi) is 8.02. The van der Waals surface area contributed by atoms with Crippen molar-refractivity contribution in [3.63, 3.8) is 0 Å². The van der Waals surface area contributed by atoms with Gasteiger partial charge >= 0.3 is 17.2 Å². The predicted octanol–water partition coefficient (Wildman–Crippen LogP) is 5.15. The van der Waals surface area contributed by atoms with Gasteiger partial charge in [-0.3, -0.25) is 19.4 Å².